The van der Waals surface area contributed by atoms with Crippen molar-refractivity contribution in [1.82, 2.24) is 19.2 Å². The molecular weight excluding hydrogens is 408 g/mol. The second kappa shape index (κ2) is 8.22. The minimum atomic E-state index is -3.61. The molecule has 1 saturated heterocycles. The summed E-state index contributed by atoms with van der Waals surface area (Å²) in [6, 6.07) is 4.85. The summed E-state index contributed by atoms with van der Waals surface area (Å²) in [5.41, 5.74) is 1.19. The van der Waals surface area contributed by atoms with Crippen molar-refractivity contribution in [3.63, 3.8) is 0 Å². The van der Waals surface area contributed by atoms with Gasteiger partial charge in [0.1, 0.15) is 4.88 Å². The van der Waals surface area contributed by atoms with Crippen molar-refractivity contribution in [1.29, 1.82) is 0 Å². The molecule has 146 valence electrons. The third kappa shape index (κ3) is 4.48. The van der Waals surface area contributed by atoms with E-state index < -0.39 is 10.0 Å². The Kier molecular flexibility index (Phi) is 6.15. The Morgan fingerprint density at radius 2 is 2.04 bits per heavy atom. The lowest BCUT2D eigenvalue weighted by Gasteiger charge is -2.31. The van der Waals surface area contributed by atoms with E-state index in [4.69, 9.17) is 11.6 Å². The molecule has 1 aromatic carbocycles. The molecule has 1 aliphatic rings. The molecule has 1 amide bonds. The molecule has 1 N–H and O–H groups in total. The highest BCUT2D eigenvalue weighted by molar-refractivity contribution is 7.89. The Morgan fingerprint density at radius 1 is 1.33 bits per heavy atom. The minimum Gasteiger partial charge on any atom is -0.338 e. The summed E-state index contributed by atoms with van der Waals surface area (Å²) in [6.45, 7) is 5.00. The molecular formula is C17H21ClN4O3S2. The maximum absolute atomic E-state index is 12.6. The Hall–Kier alpha value is -1.55. The van der Waals surface area contributed by atoms with Gasteiger partial charge in [0.05, 0.1) is 10.6 Å². The van der Waals surface area contributed by atoms with Gasteiger partial charge in [-0.1, -0.05) is 22.2 Å². The van der Waals surface area contributed by atoms with Crippen molar-refractivity contribution in [2.45, 2.75) is 31.6 Å². The highest BCUT2D eigenvalue weighted by Gasteiger charge is 2.27. The number of halogens is 1. The first-order chi connectivity index (χ1) is 12.8. The third-order valence-electron chi connectivity index (χ3n) is 4.82. The van der Waals surface area contributed by atoms with E-state index in [2.05, 4.69) is 14.3 Å². The van der Waals surface area contributed by atoms with Gasteiger partial charge in [0.15, 0.2) is 0 Å². The zero-order valence-corrected chi connectivity index (χ0v) is 17.5. The number of rotatable bonds is 5. The van der Waals surface area contributed by atoms with Crippen molar-refractivity contribution >= 4 is 39.1 Å². The zero-order valence-electron chi connectivity index (χ0n) is 15.1. The number of hydrogen-bond acceptors (Lipinski definition) is 6. The van der Waals surface area contributed by atoms with Crippen LogP contribution in [0, 0.1) is 19.8 Å². The molecule has 3 rings (SSSR count). The number of sulfonamides is 1. The minimum absolute atomic E-state index is 0.0453. The summed E-state index contributed by atoms with van der Waals surface area (Å²) in [5, 5.41) is 4.31. The highest BCUT2D eigenvalue weighted by atomic mass is 35.5. The summed E-state index contributed by atoms with van der Waals surface area (Å²) < 4.78 is 31.6. The topological polar surface area (TPSA) is 92.3 Å². The van der Waals surface area contributed by atoms with Crippen LogP contribution < -0.4 is 4.72 Å². The molecule has 0 radical (unpaired) electrons. The molecule has 0 atom stereocenters. The standard InChI is InChI=1S/C17H21ClN4O3S2/c1-11-14(18)4-3-5-15(11)27(24,25)19-10-13-6-8-22(9-7-13)17(23)16-12(2)20-21-26-16/h3-5,13,19H,6-10H2,1-2H3. The molecule has 7 nitrogen and oxygen atoms in total. The number of carbonyl (C=O) groups is 1. The quantitative estimate of drug-likeness (QED) is 0.790. The zero-order chi connectivity index (χ0) is 19.6. The molecule has 0 unspecified atom stereocenters. The van der Waals surface area contributed by atoms with Crippen LogP contribution in [0.1, 0.15) is 33.8 Å². The first-order valence-electron chi connectivity index (χ1n) is 8.62. The van der Waals surface area contributed by atoms with Gasteiger partial charge in [-0.15, -0.1) is 5.10 Å². The summed E-state index contributed by atoms with van der Waals surface area (Å²) in [7, 11) is -3.61. The number of benzene rings is 1. The number of likely N-dealkylation sites (tertiary alicyclic amines) is 1. The molecule has 2 aromatic rings. The van der Waals surface area contributed by atoms with Crippen molar-refractivity contribution < 1.29 is 13.2 Å². The summed E-state index contributed by atoms with van der Waals surface area (Å²) >= 11 is 7.14. The lowest BCUT2D eigenvalue weighted by molar-refractivity contribution is 0.0696. The fourth-order valence-electron chi connectivity index (χ4n) is 3.10. The van der Waals surface area contributed by atoms with Crippen LogP contribution in [0.2, 0.25) is 5.02 Å². The number of amides is 1. The van der Waals surface area contributed by atoms with Gasteiger partial charge >= 0.3 is 0 Å². The largest absolute Gasteiger partial charge is 0.338 e. The molecule has 0 aliphatic carbocycles. The van der Waals surface area contributed by atoms with Crippen LogP contribution in [0.4, 0.5) is 0 Å². The number of aromatic nitrogens is 2. The number of nitrogens with zero attached hydrogens (tertiary/aromatic N) is 3. The van der Waals surface area contributed by atoms with Crippen LogP contribution in [-0.4, -0.2) is 48.4 Å². The first-order valence-corrected chi connectivity index (χ1v) is 11.3. The van der Waals surface area contributed by atoms with Gasteiger partial charge < -0.3 is 4.90 Å². The first kappa shape index (κ1) is 20.2. The lowest BCUT2D eigenvalue weighted by atomic mass is 9.97. The average Bonchev–Trinajstić information content (AvgIpc) is 3.08. The van der Waals surface area contributed by atoms with E-state index in [-0.39, 0.29) is 16.7 Å². The Morgan fingerprint density at radius 3 is 2.67 bits per heavy atom. The molecule has 27 heavy (non-hydrogen) atoms. The van der Waals surface area contributed by atoms with E-state index in [0.29, 0.717) is 40.8 Å². The van der Waals surface area contributed by atoms with Gasteiger partial charge in [-0.05, 0) is 61.8 Å². The molecule has 0 saturated carbocycles. The molecule has 10 heteroatoms. The molecule has 2 heterocycles. The predicted octanol–water partition coefficient (Wildman–Crippen LogP) is 2.64. The van der Waals surface area contributed by atoms with Gasteiger partial charge in [-0.25, -0.2) is 13.1 Å². The van der Waals surface area contributed by atoms with Crippen molar-refractivity contribution in [2.75, 3.05) is 19.6 Å². The Balaban J connectivity index is 1.56. The van der Waals surface area contributed by atoms with Crippen molar-refractivity contribution in [3.8, 4) is 0 Å². The predicted molar refractivity (Wildman–Crippen MR) is 105 cm³/mol. The van der Waals surface area contributed by atoms with E-state index >= 15 is 0 Å². The molecule has 1 aromatic heterocycles. The normalized spacial score (nSPS) is 15.9. The van der Waals surface area contributed by atoms with Crippen LogP contribution >= 0.6 is 23.1 Å². The number of nitrogens with one attached hydrogen (secondary N) is 1. The maximum atomic E-state index is 12.6. The Bertz CT molecular complexity index is 937. The van der Waals surface area contributed by atoms with Crippen LogP contribution in [-0.2, 0) is 10.0 Å². The number of piperidine rings is 1. The monoisotopic (exact) mass is 428 g/mol. The second-order valence-corrected chi connectivity index (χ2v) is 9.53. The molecule has 1 aliphatic heterocycles. The van der Waals surface area contributed by atoms with Gasteiger partial charge in [-0.2, -0.15) is 0 Å². The molecule has 0 bridgehead atoms. The smallest absolute Gasteiger partial charge is 0.267 e. The number of carbonyl (C=O) groups excluding carboxylic acids is 1. The third-order valence-corrected chi connectivity index (χ3v) is 7.61. The van der Waals surface area contributed by atoms with E-state index in [1.165, 1.54) is 0 Å². The van der Waals surface area contributed by atoms with E-state index in [9.17, 15) is 13.2 Å². The number of hydrogen-bond donors (Lipinski definition) is 1. The van der Waals surface area contributed by atoms with Gasteiger partial charge in [0.25, 0.3) is 5.91 Å². The number of aryl methyl sites for hydroxylation is 1. The van der Waals surface area contributed by atoms with Crippen LogP contribution in [0.3, 0.4) is 0 Å². The van der Waals surface area contributed by atoms with Gasteiger partial charge in [0.2, 0.25) is 10.0 Å². The second-order valence-electron chi connectivity index (χ2n) is 6.64. The summed E-state index contributed by atoms with van der Waals surface area (Å²) in [6.07, 6.45) is 1.49. The van der Waals surface area contributed by atoms with E-state index in [1.807, 2.05) is 0 Å². The van der Waals surface area contributed by atoms with Gasteiger partial charge in [-0.3, -0.25) is 4.79 Å². The molecule has 1 fully saturated rings. The van der Waals surface area contributed by atoms with Gasteiger partial charge in [0, 0.05) is 24.7 Å². The van der Waals surface area contributed by atoms with Crippen LogP contribution in [0.25, 0.3) is 0 Å². The highest BCUT2D eigenvalue weighted by Crippen LogP contribution is 2.24. The fourth-order valence-corrected chi connectivity index (χ4v) is 5.33. The van der Waals surface area contributed by atoms with Crippen LogP contribution in [0.5, 0.6) is 0 Å². The van der Waals surface area contributed by atoms with Crippen molar-refractivity contribution in [2.24, 2.45) is 5.92 Å². The fraction of sp³-hybridized carbons (Fsp3) is 0.471. The maximum Gasteiger partial charge on any atom is 0.267 e. The molecule has 0 spiro atoms. The average molecular weight is 429 g/mol. The Labute approximate surface area is 167 Å². The van der Waals surface area contributed by atoms with E-state index in [0.717, 1.165) is 24.4 Å². The van der Waals surface area contributed by atoms with Crippen molar-refractivity contribution in [3.05, 3.63) is 39.4 Å². The van der Waals surface area contributed by atoms with E-state index in [1.54, 1.807) is 36.9 Å². The summed E-state index contributed by atoms with van der Waals surface area (Å²) in [5.74, 6) is 0.139. The SMILES string of the molecule is Cc1nnsc1C(=O)N1CCC(CNS(=O)(=O)c2cccc(Cl)c2C)CC1. The van der Waals surface area contributed by atoms with Crippen LogP contribution in [0.15, 0.2) is 23.1 Å². The lowest BCUT2D eigenvalue weighted by Crippen LogP contribution is -2.41. The summed E-state index contributed by atoms with van der Waals surface area (Å²) in [4.78, 5) is 15.1.